The van der Waals surface area contributed by atoms with Gasteiger partial charge in [-0.2, -0.15) is 0 Å². The fourth-order valence-corrected chi connectivity index (χ4v) is 5.14. The quantitative estimate of drug-likeness (QED) is 0.161. The zero-order chi connectivity index (χ0) is 26.2. The highest BCUT2D eigenvalue weighted by Crippen LogP contribution is 2.34. The number of aliphatic hydroxyl groups is 4. The number of nitrogens with zero attached hydrogens (tertiary/aromatic N) is 1. The summed E-state index contributed by atoms with van der Waals surface area (Å²) in [6.07, 6.45) is 2.34. The molecule has 0 spiro atoms. The Morgan fingerprint density at radius 1 is 1.14 bits per heavy atom. The molecule has 2 saturated heterocycles. The summed E-state index contributed by atoms with van der Waals surface area (Å²) in [5, 5.41) is 42.0. The fourth-order valence-electron chi connectivity index (χ4n) is 5.14. The number of hydrogen-bond donors (Lipinski definition) is 5. The molecule has 5 N–H and O–H groups in total. The third kappa shape index (κ3) is 7.25. The van der Waals surface area contributed by atoms with E-state index in [4.69, 9.17) is 14.2 Å². The molecular formula is C25H42N2O9. The van der Waals surface area contributed by atoms with Crippen molar-refractivity contribution in [1.82, 2.24) is 10.2 Å². The minimum Gasteiger partial charge on any atom is -0.394 e. The summed E-state index contributed by atoms with van der Waals surface area (Å²) in [5.74, 6) is -0.0347. The SMILES string of the molecule is C=CC1CCC1O[C@@H]1C[C@@H](CO)N(C(=O)CCCCCOC2OC(CO)C(O)C(O)C2NC(C)=O)C1. The van der Waals surface area contributed by atoms with Gasteiger partial charge in [-0.25, -0.2) is 0 Å². The number of unbranched alkanes of at least 4 members (excludes halogenated alkanes) is 2. The van der Waals surface area contributed by atoms with E-state index in [0.717, 1.165) is 12.8 Å². The van der Waals surface area contributed by atoms with Crippen LogP contribution in [0.4, 0.5) is 0 Å². The van der Waals surface area contributed by atoms with Gasteiger partial charge in [0.05, 0.1) is 31.5 Å². The van der Waals surface area contributed by atoms with Crippen molar-refractivity contribution in [3.8, 4) is 0 Å². The highest BCUT2D eigenvalue weighted by atomic mass is 16.7. The van der Waals surface area contributed by atoms with E-state index < -0.39 is 43.2 Å². The molecule has 1 saturated carbocycles. The van der Waals surface area contributed by atoms with E-state index >= 15 is 0 Å². The van der Waals surface area contributed by atoms with Crippen molar-refractivity contribution >= 4 is 11.8 Å². The lowest BCUT2D eigenvalue weighted by molar-refractivity contribution is -0.270. The smallest absolute Gasteiger partial charge is 0.222 e. The number of ether oxygens (including phenoxy) is 3. The van der Waals surface area contributed by atoms with E-state index in [1.54, 1.807) is 4.90 Å². The Hall–Kier alpha value is -1.60. The minimum atomic E-state index is -1.35. The van der Waals surface area contributed by atoms with Gasteiger partial charge in [-0.1, -0.05) is 12.5 Å². The van der Waals surface area contributed by atoms with Crippen molar-refractivity contribution in [2.45, 2.75) is 101 Å². The summed E-state index contributed by atoms with van der Waals surface area (Å²) in [5.41, 5.74) is 0. The number of carbonyl (C=O) groups is 2. The molecule has 0 aromatic carbocycles. The number of rotatable bonds is 13. The average molecular weight is 515 g/mol. The normalized spacial score (nSPS) is 36.4. The van der Waals surface area contributed by atoms with Gasteiger partial charge in [0, 0.05) is 32.4 Å². The highest BCUT2D eigenvalue weighted by Gasteiger charge is 2.45. The van der Waals surface area contributed by atoms with Crippen LogP contribution in [0, 0.1) is 5.92 Å². The van der Waals surface area contributed by atoms with Crippen LogP contribution in [-0.2, 0) is 23.8 Å². The number of carbonyl (C=O) groups excluding carboxylic acids is 2. The maximum absolute atomic E-state index is 12.8. The number of likely N-dealkylation sites (tertiary alicyclic amines) is 1. The Morgan fingerprint density at radius 2 is 1.92 bits per heavy atom. The maximum Gasteiger partial charge on any atom is 0.222 e. The molecule has 9 atom stereocenters. The molecule has 0 radical (unpaired) electrons. The second-order valence-corrected chi connectivity index (χ2v) is 10.0. The topological polar surface area (TPSA) is 158 Å². The predicted octanol–water partition coefficient (Wildman–Crippen LogP) is -0.550. The zero-order valence-electron chi connectivity index (χ0n) is 21.0. The summed E-state index contributed by atoms with van der Waals surface area (Å²) < 4.78 is 17.4. The monoisotopic (exact) mass is 514 g/mol. The third-order valence-electron chi connectivity index (χ3n) is 7.41. The van der Waals surface area contributed by atoms with Crippen molar-refractivity contribution in [1.29, 1.82) is 0 Å². The van der Waals surface area contributed by atoms with Crippen molar-refractivity contribution in [2.24, 2.45) is 5.92 Å². The largest absolute Gasteiger partial charge is 0.394 e. The summed E-state index contributed by atoms with van der Waals surface area (Å²) in [6.45, 7) is 5.29. The molecule has 11 heteroatoms. The molecule has 7 unspecified atom stereocenters. The lowest BCUT2D eigenvalue weighted by Crippen LogP contribution is -2.64. The van der Waals surface area contributed by atoms with Gasteiger partial charge >= 0.3 is 0 Å². The van der Waals surface area contributed by atoms with Gasteiger partial charge in [0.15, 0.2) is 6.29 Å². The number of nitrogens with one attached hydrogen (secondary N) is 1. The summed E-state index contributed by atoms with van der Waals surface area (Å²) in [4.78, 5) is 26.0. The molecule has 2 heterocycles. The van der Waals surface area contributed by atoms with Crippen LogP contribution in [0.2, 0.25) is 0 Å². The Kier molecular flexibility index (Phi) is 11.1. The van der Waals surface area contributed by atoms with E-state index in [9.17, 15) is 30.0 Å². The average Bonchev–Trinajstić information content (AvgIpc) is 3.26. The molecular weight excluding hydrogens is 472 g/mol. The summed E-state index contributed by atoms with van der Waals surface area (Å²) in [6, 6.07) is -1.19. The van der Waals surface area contributed by atoms with Crippen molar-refractivity contribution < 1.29 is 44.2 Å². The van der Waals surface area contributed by atoms with Gasteiger partial charge < -0.3 is 44.9 Å². The van der Waals surface area contributed by atoms with Crippen LogP contribution < -0.4 is 5.32 Å². The standard InChI is InChI=1S/C25H42N2O9/c1-3-16-8-9-19(16)35-18-11-17(13-28)27(12-18)21(31)7-5-4-6-10-34-25-22(26-15(2)30)24(33)23(32)20(14-29)36-25/h3,16-20,22-25,28-29,32-33H,1,4-14H2,2H3,(H,26,30)/t16?,17-,18+,19?,20?,22?,23?,24?,25?/m0/s1. The molecule has 11 nitrogen and oxygen atoms in total. The first-order valence-corrected chi connectivity index (χ1v) is 13.0. The predicted molar refractivity (Wildman–Crippen MR) is 129 cm³/mol. The van der Waals surface area contributed by atoms with Gasteiger partial charge in [-0.15, -0.1) is 6.58 Å². The molecule has 0 aromatic rings. The van der Waals surface area contributed by atoms with Crippen LogP contribution in [0.5, 0.6) is 0 Å². The van der Waals surface area contributed by atoms with Gasteiger partial charge in [-0.05, 0) is 32.1 Å². The molecule has 3 fully saturated rings. The molecule has 2 aliphatic heterocycles. The molecule has 0 aromatic heterocycles. The second kappa shape index (κ2) is 13.8. The van der Waals surface area contributed by atoms with Gasteiger partial charge in [-0.3, -0.25) is 9.59 Å². The third-order valence-corrected chi connectivity index (χ3v) is 7.41. The van der Waals surface area contributed by atoms with Crippen LogP contribution in [0.25, 0.3) is 0 Å². The summed E-state index contributed by atoms with van der Waals surface area (Å²) in [7, 11) is 0. The van der Waals surface area contributed by atoms with E-state index in [2.05, 4.69) is 11.9 Å². The molecule has 3 aliphatic rings. The van der Waals surface area contributed by atoms with Crippen LogP contribution in [0.3, 0.4) is 0 Å². The molecule has 1 aliphatic carbocycles. The number of hydrogen-bond acceptors (Lipinski definition) is 9. The fraction of sp³-hybridized carbons (Fsp3) is 0.840. The molecule has 36 heavy (non-hydrogen) atoms. The van der Waals surface area contributed by atoms with Crippen LogP contribution in [0.15, 0.2) is 12.7 Å². The van der Waals surface area contributed by atoms with Gasteiger partial charge in [0.25, 0.3) is 0 Å². The Balaban J connectivity index is 1.37. The lowest BCUT2D eigenvalue weighted by atomic mass is 9.82. The van der Waals surface area contributed by atoms with E-state index in [-0.39, 0.29) is 37.4 Å². The molecule has 2 amide bonds. The Morgan fingerprint density at radius 3 is 2.53 bits per heavy atom. The number of aliphatic hydroxyl groups excluding tert-OH is 4. The summed E-state index contributed by atoms with van der Waals surface area (Å²) >= 11 is 0. The van der Waals surface area contributed by atoms with Gasteiger partial charge in [0.2, 0.25) is 11.8 Å². The Bertz CT molecular complexity index is 738. The van der Waals surface area contributed by atoms with Crippen molar-refractivity contribution in [3.63, 3.8) is 0 Å². The highest BCUT2D eigenvalue weighted by molar-refractivity contribution is 5.77. The van der Waals surface area contributed by atoms with E-state index in [1.165, 1.54) is 6.92 Å². The maximum atomic E-state index is 12.8. The van der Waals surface area contributed by atoms with Crippen molar-refractivity contribution in [3.05, 3.63) is 12.7 Å². The van der Waals surface area contributed by atoms with Crippen LogP contribution in [0.1, 0.15) is 51.9 Å². The molecule has 0 bridgehead atoms. The first-order chi connectivity index (χ1) is 17.3. The Labute approximate surface area is 212 Å². The van der Waals surface area contributed by atoms with Crippen molar-refractivity contribution in [2.75, 3.05) is 26.4 Å². The number of amides is 2. The molecule has 3 rings (SSSR count). The van der Waals surface area contributed by atoms with Crippen LogP contribution in [-0.4, -0.2) is 112 Å². The van der Waals surface area contributed by atoms with E-state index in [1.807, 2.05) is 6.08 Å². The first kappa shape index (κ1) is 29.0. The van der Waals surface area contributed by atoms with Gasteiger partial charge in [0.1, 0.15) is 24.4 Å². The second-order valence-electron chi connectivity index (χ2n) is 10.0. The minimum absolute atomic E-state index is 0.000757. The molecule has 206 valence electrons. The van der Waals surface area contributed by atoms with E-state index in [0.29, 0.717) is 44.6 Å². The zero-order valence-corrected chi connectivity index (χ0v) is 21.0. The van der Waals surface area contributed by atoms with Crippen LogP contribution >= 0.6 is 0 Å². The first-order valence-electron chi connectivity index (χ1n) is 13.0. The lowest BCUT2D eigenvalue weighted by Gasteiger charge is -2.42.